The van der Waals surface area contributed by atoms with Crippen molar-refractivity contribution >= 4 is 11.9 Å². The Kier molecular flexibility index (Phi) is 3.17. The Balaban J connectivity index is 2.17. The number of hydrogen-bond acceptors (Lipinski definition) is 2. The standard InChI is InChI=1S/C12H18O4/c13-11(14)9-5-6-10(12(15)16)8-4-2-1-3-7(8)9/h7-10H,1-6H2,(H,13,14)(H,15,16)/t7-,8-,9-,10+/m1/s1. The largest absolute Gasteiger partial charge is 0.481 e. The summed E-state index contributed by atoms with van der Waals surface area (Å²) in [6, 6.07) is 0. The van der Waals surface area contributed by atoms with Crippen LogP contribution in [0, 0.1) is 23.7 Å². The molecule has 0 aromatic heterocycles. The second-order valence-corrected chi connectivity index (χ2v) is 5.08. The Bertz CT molecular complexity index is 269. The maximum absolute atomic E-state index is 11.1. The first-order valence-electron chi connectivity index (χ1n) is 6.07. The molecule has 90 valence electrons. The third-order valence-electron chi connectivity index (χ3n) is 4.33. The van der Waals surface area contributed by atoms with Crippen molar-refractivity contribution < 1.29 is 19.8 Å². The summed E-state index contributed by atoms with van der Waals surface area (Å²) in [7, 11) is 0. The van der Waals surface area contributed by atoms with Gasteiger partial charge in [0.05, 0.1) is 11.8 Å². The fourth-order valence-corrected chi connectivity index (χ4v) is 3.59. The molecule has 2 saturated carbocycles. The average molecular weight is 226 g/mol. The first-order chi connectivity index (χ1) is 7.61. The predicted octanol–water partition coefficient (Wildman–Crippen LogP) is 1.99. The van der Waals surface area contributed by atoms with Gasteiger partial charge in [0.25, 0.3) is 0 Å². The molecule has 4 atom stereocenters. The van der Waals surface area contributed by atoms with E-state index >= 15 is 0 Å². The number of aliphatic carboxylic acids is 2. The van der Waals surface area contributed by atoms with Crippen molar-refractivity contribution in [2.75, 3.05) is 0 Å². The molecule has 0 saturated heterocycles. The van der Waals surface area contributed by atoms with Crippen LogP contribution in [0.2, 0.25) is 0 Å². The zero-order valence-electron chi connectivity index (χ0n) is 9.26. The first-order valence-corrected chi connectivity index (χ1v) is 6.07. The summed E-state index contributed by atoms with van der Waals surface area (Å²) in [6.07, 6.45) is 4.96. The molecule has 0 bridgehead atoms. The Labute approximate surface area is 94.7 Å². The van der Waals surface area contributed by atoms with Crippen LogP contribution in [0.4, 0.5) is 0 Å². The fourth-order valence-electron chi connectivity index (χ4n) is 3.59. The summed E-state index contributed by atoms with van der Waals surface area (Å²) in [5.41, 5.74) is 0. The van der Waals surface area contributed by atoms with Gasteiger partial charge in [0.1, 0.15) is 0 Å². The first kappa shape index (κ1) is 11.4. The molecular formula is C12H18O4. The summed E-state index contributed by atoms with van der Waals surface area (Å²) < 4.78 is 0. The van der Waals surface area contributed by atoms with Gasteiger partial charge in [-0.05, 0) is 37.5 Å². The summed E-state index contributed by atoms with van der Waals surface area (Å²) in [5.74, 6) is -1.88. The molecule has 0 heterocycles. The third-order valence-corrected chi connectivity index (χ3v) is 4.33. The van der Waals surface area contributed by atoms with E-state index in [0.717, 1.165) is 25.7 Å². The Hall–Kier alpha value is -1.06. The predicted molar refractivity (Wildman–Crippen MR) is 56.9 cm³/mol. The fraction of sp³-hybridized carbons (Fsp3) is 0.833. The molecule has 2 fully saturated rings. The lowest BCUT2D eigenvalue weighted by atomic mass is 9.61. The molecule has 0 radical (unpaired) electrons. The highest BCUT2D eigenvalue weighted by Gasteiger charge is 2.45. The molecule has 16 heavy (non-hydrogen) atoms. The molecule has 0 amide bonds. The smallest absolute Gasteiger partial charge is 0.306 e. The van der Waals surface area contributed by atoms with Crippen LogP contribution in [0.15, 0.2) is 0 Å². The van der Waals surface area contributed by atoms with Crippen LogP contribution in [0.3, 0.4) is 0 Å². The minimum Gasteiger partial charge on any atom is -0.481 e. The zero-order valence-corrected chi connectivity index (χ0v) is 9.26. The molecule has 2 N–H and O–H groups in total. The number of carbonyl (C=O) groups is 2. The number of fused-ring (bicyclic) bond motifs is 1. The third kappa shape index (κ3) is 1.93. The Morgan fingerprint density at radius 2 is 1.12 bits per heavy atom. The van der Waals surface area contributed by atoms with E-state index in [9.17, 15) is 9.59 Å². The van der Waals surface area contributed by atoms with Crippen LogP contribution in [0.1, 0.15) is 38.5 Å². The van der Waals surface area contributed by atoms with E-state index in [1.807, 2.05) is 0 Å². The molecular weight excluding hydrogens is 208 g/mol. The summed E-state index contributed by atoms with van der Waals surface area (Å²) in [4.78, 5) is 22.3. The van der Waals surface area contributed by atoms with Gasteiger partial charge in [-0.3, -0.25) is 9.59 Å². The average Bonchev–Trinajstić information content (AvgIpc) is 2.27. The van der Waals surface area contributed by atoms with Gasteiger partial charge in [0, 0.05) is 0 Å². The van der Waals surface area contributed by atoms with Gasteiger partial charge < -0.3 is 10.2 Å². The van der Waals surface area contributed by atoms with Crippen molar-refractivity contribution in [1.29, 1.82) is 0 Å². The number of carboxylic acids is 2. The summed E-state index contributed by atoms with van der Waals surface area (Å²) in [6.45, 7) is 0. The molecule has 0 aromatic carbocycles. The summed E-state index contributed by atoms with van der Waals surface area (Å²) in [5, 5.41) is 18.3. The molecule has 0 spiro atoms. The van der Waals surface area contributed by atoms with Crippen LogP contribution < -0.4 is 0 Å². The molecule has 2 aliphatic carbocycles. The topological polar surface area (TPSA) is 74.6 Å². The van der Waals surface area contributed by atoms with E-state index < -0.39 is 11.9 Å². The summed E-state index contributed by atoms with van der Waals surface area (Å²) >= 11 is 0. The van der Waals surface area contributed by atoms with Crippen LogP contribution in [0.5, 0.6) is 0 Å². The van der Waals surface area contributed by atoms with Gasteiger partial charge in [-0.15, -0.1) is 0 Å². The second-order valence-electron chi connectivity index (χ2n) is 5.08. The van der Waals surface area contributed by atoms with Gasteiger partial charge in [0.15, 0.2) is 0 Å². The Morgan fingerprint density at radius 1 is 0.750 bits per heavy atom. The SMILES string of the molecule is O=C(O)[C@H]1CC[C@@H](C(=O)O)[C@@H]2CCCC[C@H]21. The van der Waals surface area contributed by atoms with Crippen LogP contribution in [0.25, 0.3) is 0 Å². The van der Waals surface area contributed by atoms with Crippen molar-refractivity contribution in [3.8, 4) is 0 Å². The van der Waals surface area contributed by atoms with Crippen LogP contribution in [-0.2, 0) is 9.59 Å². The Morgan fingerprint density at radius 3 is 1.44 bits per heavy atom. The molecule has 2 aliphatic rings. The molecule has 0 aliphatic heterocycles. The zero-order chi connectivity index (χ0) is 11.7. The molecule has 0 aromatic rings. The van der Waals surface area contributed by atoms with Gasteiger partial charge in [-0.25, -0.2) is 0 Å². The van der Waals surface area contributed by atoms with E-state index in [-0.39, 0.29) is 23.7 Å². The lowest BCUT2D eigenvalue weighted by Crippen LogP contribution is -2.42. The van der Waals surface area contributed by atoms with E-state index in [1.165, 1.54) is 0 Å². The number of rotatable bonds is 2. The van der Waals surface area contributed by atoms with E-state index in [0.29, 0.717) is 12.8 Å². The van der Waals surface area contributed by atoms with E-state index in [4.69, 9.17) is 10.2 Å². The second kappa shape index (κ2) is 4.44. The monoisotopic (exact) mass is 226 g/mol. The molecule has 4 nitrogen and oxygen atoms in total. The van der Waals surface area contributed by atoms with Gasteiger partial charge in [-0.2, -0.15) is 0 Å². The van der Waals surface area contributed by atoms with Gasteiger partial charge >= 0.3 is 11.9 Å². The van der Waals surface area contributed by atoms with Gasteiger partial charge in [0.2, 0.25) is 0 Å². The van der Waals surface area contributed by atoms with Crippen molar-refractivity contribution in [3.63, 3.8) is 0 Å². The van der Waals surface area contributed by atoms with Crippen molar-refractivity contribution in [2.45, 2.75) is 38.5 Å². The quantitative estimate of drug-likeness (QED) is 0.755. The highest BCUT2D eigenvalue weighted by molar-refractivity contribution is 5.73. The van der Waals surface area contributed by atoms with Crippen molar-refractivity contribution in [1.82, 2.24) is 0 Å². The maximum Gasteiger partial charge on any atom is 0.306 e. The highest BCUT2D eigenvalue weighted by atomic mass is 16.4. The number of hydrogen-bond donors (Lipinski definition) is 2. The van der Waals surface area contributed by atoms with Crippen LogP contribution in [-0.4, -0.2) is 22.2 Å². The van der Waals surface area contributed by atoms with E-state index in [2.05, 4.69) is 0 Å². The lowest BCUT2D eigenvalue weighted by Gasteiger charge is -2.42. The van der Waals surface area contributed by atoms with E-state index in [1.54, 1.807) is 0 Å². The van der Waals surface area contributed by atoms with Crippen LogP contribution >= 0.6 is 0 Å². The normalized spacial score (nSPS) is 38.8. The number of carboxylic acid groups (broad SMARTS) is 2. The minimum atomic E-state index is -0.735. The van der Waals surface area contributed by atoms with Crippen molar-refractivity contribution in [3.05, 3.63) is 0 Å². The van der Waals surface area contributed by atoms with Gasteiger partial charge in [-0.1, -0.05) is 12.8 Å². The van der Waals surface area contributed by atoms with Crippen molar-refractivity contribution in [2.24, 2.45) is 23.7 Å². The molecule has 4 heteroatoms. The molecule has 0 unspecified atom stereocenters. The lowest BCUT2D eigenvalue weighted by molar-refractivity contribution is -0.156. The maximum atomic E-state index is 11.1. The highest BCUT2D eigenvalue weighted by Crippen LogP contribution is 2.46. The minimum absolute atomic E-state index is 0.0982. The molecule has 2 rings (SSSR count).